The second-order valence-electron chi connectivity index (χ2n) is 8.72. The number of benzene rings is 1. The monoisotopic (exact) mass is 516 g/mol. The molecule has 1 aromatic carbocycles. The molecule has 5 rings (SSSR count). The molecule has 0 unspecified atom stereocenters. The number of aryl methyl sites for hydroxylation is 1. The minimum Gasteiger partial charge on any atom is -0.496 e. The van der Waals surface area contributed by atoms with Crippen molar-refractivity contribution in [3.63, 3.8) is 0 Å². The minimum absolute atomic E-state index is 0.00201. The third-order valence-corrected chi connectivity index (χ3v) is 6.23. The summed E-state index contributed by atoms with van der Waals surface area (Å²) in [5, 5.41) is 11.2. The predicted molar refractivity (Wildman–Crippen MR) is 124 cm³/mol. The van der Waals surface area contributed by atoms with Gasteiger partial charge in [-0.05, 0) is 48.2 Å². The highest BCUT2D eigenvalue weighted by atomic mass is 19.4. The third kappa shape index (κ3) is 5.20. The second-order valence-corrected chi connectivity index (χ2v) is 8.72. The van der Waals surface area contributed by atoms with E-state index < -0.39 is 24.8 Å². The third-order valence-electron chi connectivity index (χ3n) is 6.23. The molecule has 1 N–H and O–H groups in total. The average molecular weight is 516 g/mol. The number of anilines is 1. The van der Waals surface area contributed by atoms with Gasteiger partial charge < -0.3 is 24.3 Å². The number of ether oxygens (including phenoxy) is 2. The van der Waals surface area contributed by atoms with Crippen molar-refractivity contribution in [1.29, 1.82) is 0 Å². The number of nitrogens with one attached hydrogen (secondary N) is 1. The summed E-state index contributed by atoms with van der Waals surface area (Å²) >= 11 is 0. The van der Waals surface area contributed by atoms with Crippen LogP contribution in [-0.2, 0) is 30.7 Å². The van der Waals surface area contributed by atoms with Crippen molar-refractivity contribution < 1.29 is 32.2 Å². The van der Waals surface area contributed by atoms with Gasteiger partial charge in [-0.25, -0.2) is 9.78 Å². The van der Waals surface area contributed by atoms with Crippen molar-refractivity contribution in [1.82, 2.24) is 24.6 Å². The Morgan fingerprint density at radius 2 is 1.95 bits per heavy atom. The molecule has 2 aromatic heterocycles. The zero-order chi connectivity index (χ0) is 26.2. The number of nitrogens with zero attached hydrogens (tertiary/aromatic N) is 5. The molecule has 0 radical (unpaired) electrons. The number of aromatic nitrogens is 4. The highest BCUT2D eigenvalue weighted by Crippen LogP contribution is 2.30. The van der Waals surface area contributed by atoms with Gasteiger partial charge in [-0.15, -0.1) is 10.2 Å². The van der Waals surface area contributed by atoms with Gasteiger partial charge in [0.25, 0.3) is 5.91 Å². The summed E-state index contributed by atoms with van der Waals surface area (Å²) in [6, 6.07) is 8.46. The van der Waals surface area contributed by atoms with Gasteiger partial charge in [0.1, 0.15) is 23.1 Å². The highest BCUT2D eigenvalue weighted by molar-refractivity contribution is 6.06. The Labute approximate surface area is 209 Å². The molecule has 0 fully saturated rings. The van der Waals surface area contributed by atoms with Crippen LogP contribution >= 0.6 is 0 Å². The lowest BCUT2D eigenvalue weighted by Gasteiger charge is -2.29. The molecular formula is C24H23F3N6O4. The van der Waals surface area contributed by atoms with Crippen molar-refractivity contribution >= 4 is 17.8 Å². The highest BCUT2D eigenvalue weighted by Gasteiger charge is 2.32. The smallest absolute Gasteiger partial charge is 0.422 e. The van der Waals surface area contributed by atoms with Crippen molar-refractivity contribution in [2.75, 3.05) is 25.6 Å². The molecule has 2 aliphatic heterocycles. The van der Waals surface area contributed by atoms with Crippen molar-refractivity contribution in [2.24, 2.45) is 0 Å². The molecule has 37 heavy (non-hydrogen) atoms. The molecule has 2 amide bonds. The Balaban J connectivity index is 1.34. The first-order chi connectivity index (χ1) is 17.7. The standard InChI is InChI=1S/C24H23F3N6O4/c1-36-18-11-14-7-9-32(23(35)37-13-24(25,26)27)12-15(14)10-16(18)22(34)29-19-5-2-4-17(28-19)21-31-30-20-6-3-8-33(20)21/h2,4-5,10-11H,3,6-9,12-13H2,1H3,(H,28,29,34). The van der Waals surface area contributed by atoms with Crippen LogP contribution in [0.4, 0.5) is 23.8 Å². The van der Waals surface area contributed by atoms with Crippen molar-refractivity contribution in [3.8, 4) is 17.3 Å². The number of hydrogen-bond donors (Lipinski definition) is 1. The zero-order valence-electron chi connectivity index (χ0n) is 19.8. The van der Waals surface area contributed by atoms with E-state index in [0.29, 0.717) is 35.1 Å². The average Bonchev–Trinajstić information content (AvgIpc) is 3.50. The van der Waals surface area contributed by atoms with Gasteiger partial charge in [-0.2, -0.15) is 13.2 Å². The molecule has 10 nitrogen and oxygen atoms in total. The summed E-state index contributed by atoms with van der Waals surface area (Å²) < 4.78 is 49.1. The van der Waals surface area contributed by atoms with Gasteiger partial charge in [0, 0.05) is 26.1 Å². The lowest BCUT2D eigenvalue weighted by molar-refractivity contribution is -0.162. The Kier molecular flexibility index (Phi) is 6.44. The summed E-state index contributed by atoms with van der Waals surface area (Å²) in [6.45, 7) is -0.665. The number of pyridine rings is 1. The number of rotatable bonds is 5. The number of methoxy groups -OCH3 is 1. The van der Waals surface area contributed by atoms with Gasteiger partial charge in [0.05, 0.1) is 12.7 Å². The predicted octanol–water partition coefficient (Wildman–Crippen LogP) is 3.60. The van der Waals surface area contributed by atoms with E-state index in [0.717, 1.165) is 30.8 Å². The molecule has 0 spiro atoms. The van der Waals surface area contributed by atoms with Crippen LogP contribution in [0.5, 0.6) is 5.75 Å². The Morgan fingerprint density at radius 1 is 1.11 bits per heavy atom. The number of fused-ring (bicyclic) bond motifs is 2. The van der Waals surface area contributed by atoms with Gasteiger partial charge in [0.2, 0.25) is 0 Å². The Hall–Kier alpha value is -4.16. The summed E-state index contributed by atoms with van der Waals surface area (Å²) in [6.07, 6.45) is -3.45. The van der Waals surface area contributed by atoms with E-state index in [-0.39, 0.29) is 18.7 Å². The van der Waals surface area contributed by atoms with E-state index in [1.807, 2.05) is 4.57 Å². The molecule has 2 aliphatic rings. The SMILES string of the molecule is COc1cc2c(cc1C(=O)Nc1cccc(-c3nnc4n3CCC4)n1)CN(C(=O)OCC(F)(F)F)CC2. The first-order valence-corrected chi connectivity index (χ1v) is 11.6. The first-order valence-electron chi connectivity index (χ1n) is 11.6. The van der Waals surface area contributed by atoms with Gasteiger partial charge in [0.15, 0.2) is 12.4 Å². The lowest BCUT2D eigenvalue weighted by Crippen LogP contribution is -2.38. The molecular weight excluding hydrogens is 493 g/mol. The summed E-state index contributed by atoms with van der Waals surface area (Å²) in [4.78, 5) is 31.0. The molecule has 194 valence electrons. The molecule has 0 saturated heterocycles. The van der Waals surface area contributed by atoms with E-state index in [1.54, 1.807) is 30.3 Å². The number of amides is 2. The van der Waals surface area contributed by atoms with E-state index >= 15 is 0 Å². The zero-order valence-corrected chi connectivity index (χ0v) is 19.8. The largest absolute Gasteiger partial charge is 0.496 e. The molecule has 0 aliphatic carbocycles. The number of carbonyl (C=O) groups excluding carboxylic acids is 2. The van der Waals surface area contributed by atoms with Gasteiger partial charge in [-0.3, -0.25) is 4.79 Å². The lowest BCUT2D eigenvalue weighted by atomic mass is 9.96. The molecule has 13 heteroatoms. The van der Waals surface area contributed by atoms with Gasteiger partial charge >= 0.3 is 12.3 Å². The number of hydrogen-bond acceptors (Lipinski definition) is 7. The van der Waals surface area contributed by atoms with E-state index in [2.05, 4.69) is 25.2 Å². The first kappa shape index (κ1) is 24.5. The Morgan fingerprint density at radius 3 is 2.73 bits per heavy atom. The summed E-state index contributed by atoms with van der Waals surface area (Å²) in [5.41, 5.74) is 2.21. The Bertz CT molecular complexity index is 1360. The maximum Gasteiger partial charge on any atom is 0.422 e. The molecule has 4 heterocycles. The van der Waals surface area contributed by atoms with Crippen LogP contribution in [0.1, 0.15) is 33.7 Å². The maximum atomic E-state index is 13.2. The van der Waals surface area contributed by atoms with Crippen LogP contribution in [-0.4, -0.2) is 63.1 Å². The fraction of sp³-hybridized carbons (Fsp3) is 0.375. The summed E-state index contributed by atoms with van der Waals surface area (Å²) in [5.74, 6) is 1.67. The van der Waals surface area contributed by atoms with E-state index in [4.69, 9.17) is 4.74 Å². The van der Waals surface area contributed by atoms with Crippen molar-refractivity contribution in [2.45, 2.75) is 38.5 Å². The van der Waals surface area contributed by atoms with Crippen LogP contribution in [0, 0.1) is 0 Å². The second kappa shape index (κ2) is 9.71. The van der Waals surface area contributed by atoms with Crippen LogP contribution in [0.3, 0.4) is 0 Å². The number of halogens is 3. The maximum absolute atomic E-state index is 13.2. The normalized spacial score (nSPS) is 14.6. The van der Waals surface area contributed by atoms with Gasteiger partial charge in [-0.1, -0.05) is 6.07 Å². The fourth-order valence-corrected chi connectivity index (χ4v) is 4.48. The topological polar surface area (TPSA) is 111 Å². The molecule has 3 aromatic rings. The van der Waals surface area contributed by atoms with Crippen LogP contribution in [0.15, 0.2) is 30.3 Å². The van der Waals surface area contributed by atoms with Crippen LogP contribution in [0.2, 0.25) is 0 Å². The molecule has 0 atom stereocenters. The number of alkyl halides is 3. The fourth-order valence-electron chi connectivity index (χ4n) is 4.48. The molecule has 0 saturated carbocycles. The van der Waals surface area contributed by atoms with E-state index in [1.165, 1.54) is 12.0 Å². The molecule has 0 bridgehead atoms. The van der Waals surface area contributed by atoms with Crippen molar-refractivity contribution in [3.05, 3.63) is 52.8 Å². The van der Waals surface area contributed by atoms with E-state index in [9.17, 15) is 22.8 Å². The van der Waals surface area contributed by atoms with Crippen LogP contribution in [0.25, 0.3) is 11.5 Å². The minimum atomic E-state index is -4.61. The van der Waals surface area contributed by atoms with Crippen LogP contribution < -0.4 is 10.1 Å². The quantitative estimate of drug-likeness (QED) is 0.552. The summed E-state index contributed by atoms with van der Waals surface area (Å²) in [7, 11) is 1.44. The number of carbonyl (C=O) groups is 2.